The minimum atomic E-state index is -3.41. The Morgan fingerprint density at radius 3 is 1.92 bits per heavy atom. The van der Waals surface area contributed by atoms with Gasteiger partial charge in [0.25, 0.3) is 0 Å². The third-order valence-electron chi connectivity index (χ3n) is 1.44. The molecule has 0 heterocycles. The van der Waals surface area contributed by atoms with Crippen molar-refractivity contribution in [1.82, 2.24) is 0 Å². The highest BCUT2D eigenvalue weighted by molar-refractivity contribution is 7.86. The van der Waals surface area contributed by atoms with Gasteiger partial charge in [-0.2, -0.15) is 8.42 Å². The summed E-state index contributed by atoms with van der Waals surface area (Å²) in [5, 5.41) is 0. The molecule has 3 nitrogen and oxygen atoms in total. The van der Waals surface area contributed by atoms with E-state index in [2.05, 4.69) is 0 Å². The summed E-state index contributed by atoms with van der Waals surface area (Å²) in [5.74, 6) is 0.375. The minimum Gasteiger partial charge on any atom is -0.383 e. The van der Waals surface area contributed by atoms with E-state index in [0.717, 1.165) is 17.4 Å². The molecule has 0 atom stereocenters. The third-order valence-corrected chi connectivity index (χ3v) is 1.94. The predicted octanol–water partition coefficient (Wildman–Crippen LogP) is 1.64. The van der Waals surface area contributed by atoms with Gasteiger partial charge >= 0.3 is 10.1 Å². The van der Waals surface area contributed by atoms with Crippen LogP contribution >= 0.6 is 0 Å². The second kappa shape index (κ2) is 3.38. The Kier molecular flexibility index (Phi) is 2.61. The second-order valence-corrected chi connectivity index (χ2v) is 4.69. The number of rotatable bonds is 2. The summed E-state index contributed by atoms with van der Waals surface area (Å²) in [7, 11) is -3.41. The van der Waals surface area contributed by atoms with E-state index >= 15 is 0 Å². The van der Waals surface area contributed by atoms with Gasteiger partial charge in [-0.1, -0.05) is 6.07 Å². The maximum Gasteiger partial charge on any atom is 0.306 e. The van der Waals surface area contributed by atoms with Crippen molar-refractivity contribution >= 4 is 10.1 Å². The molecule has 0 bridgehead atoms. The highest BCUT2D eigenvalue weighted by atomic mass is 32.2. The molecule has 0 saturated heterocycles. The molecule has 0 aliphatic rings. The van der Waals surface area contributed by atoms with Crippen molar-refractivity contribution in [3.8, 4) is 5.75 Å². The van der Waals surface area contributed by atoms with E-state index in [1.165, 1.54) is 0 Å². The van der Waals surface area contributed by atoms with Crippen molar-refractivity contribution in [3.05, 3.63) is 29.3 Å². The van der Waals surface area contributed by atoms with Gasteiger partial charge in [-0.3, -0.25) is 0 Å². The van der Waals surface area contributed by atoms with Gasteiger partial charge in [0.2, 0.25) is 0 Å². The summed E-state index contributed by atoms with van der Waals surface area (Å²) in [5.41, 5.74) is 1.97. The first-order valence-corrected chi connectivity index (χ1v) is 5.66. The lowest BCUT2D eigenvalue weighted by Crippen LogP contribution is -2.05. The van der Waals surface area contributed by atoms with Gasteiger partial charge in [-0.05, 0) is 37.1 Å². The molecular formula is C9H12O3S. The molecule has 0 aliphatic heterocycles. The summed E-state index contributed by atoms with van der Waals surface area (Å²) < 4.78 is 26.3. The highest BCUT2D eigenvalue weighted by Gasteiger charge is 2.04. The Balaban J connectivity index is 3.03. The molecule has 1 rings (SSSR count). The maximum atomic E-state index is 10.8. The first-order chi connectivity index (χ1) is 5.87. The van der Waals surface area contributed by atoms with E-state index in [1.54, 1.807) is 12.1 Å². The van der Waals surface area contributed by atoms with Crippen LogP contribution in [0.3, 0.4) is 0 Å². The van der Waals surface area contributed by atoms with E-state index in [4.69, 9.17) is 4.18 Å². The Morgan fingerprint density at radius 1 is 1.08 bits per heavy atom. The Labute approximate surface area is 78.5 Å². The van der Waals surface area contributed by atoms with Crippen molar-refractivity contribution in [2.75, 3.05) is 6.26 Å². The van der Waals surface area contributed by atoms with Crippen LogP contribution in [0.5, 0.6) is 5.75 Å². The average molecular weight is 200 g/mol. The first kappa shape index (κ1) is 10.1. The zero-order chi connectivity index (χ0) is 10.1. The molecule has 0 aliphatic carbocycles. The Bertz CT molecular complexity index is 387. The number of hydrogen-bond acceptors (Lipinski definition) is 3. The summed E-state index contributed by atoms with van der Waals surface area (Å²) >= 11 is 0. The fraction of sp³-hybridized carbons (Fsp3) is 0.333. The quantitative estimate of drug-likeness (QED) is 0.682. The van der Waals surface area contributed by atoms with Gasteiger partial charge in [0.05, 0.1) is 6.26 Å². The van der Waals surface area contributed by atoms with Crippen molar-refractivity contribution < 1.29 is 12.6 Å². The zero-order valence-electron chi connectivity index (χ0n) is 7.87. The maximum absolute atomic E-state index is 10.8. The van der Waals surface area contributed by atoms with Gasteiger partial charge < -0.3 is 4.18 Å². The summed E-state index contributed by atoms with van der Waals surface area (Å²) in [6, 6.07) is 5.33. The molecule has 1 aromatic carbocycles. The molecular weight excluding hydrogens is 188 g/mol. The monoisotopic (exact) mass is 200 g/mol. The van der Waals surface area contributed by atoms with Crippen molar-refractivity contribution in [2.24, 2.45) is 0 Å². The minimum absolute atomic E-state index is 0.375. The van der Waals surface area contributed by atoms with Crippen LogP contribution in [0, 0.1) is 13.8 Å². The molecule has 0 spiro atoms. The molecule has 0 unspecified atom stereocenters. The number of hydrogen-bond donors (Lipinski definition) is 0. The number of benzene rings is 1. The van der Waals surface area contributed by atoms with Crippen molar-refractivity contribution in [2.45, 2.75) is 13.8 Å². The molecule has 0 fully saturated rings. The summed E-state index contributed by atoms with van der Waals surface area (Å²) in [6.07, 6.45) is 1.03. The van der Waals surface area contributed by atoms with Crippen LogP contribution in [-0.2, 0) is 10.1 Å². The number of aryl methyl sites for hydroxylation is 2. The lowest BCUT2D eigenvalue weighted by molar-refractivity contribution is 0.492. The lowest BCUT2D eigenvalue weighted by atomic mass is 10.1. The van der Waals surface area contributed by atoms with Crippen LogP contribution in [-0.4, -0.2) is 14.7 Å². The fourth-order valence-electron chi connectivity index (χ4n) is 1.16. The SMILES string of the molecule is Cc1cc(C)cc(OS(C)(=O)=O)c1. The molecule has 0 aromatic heterocycles. The molecule has 0 radical (unpaired) electrons. The van der Waals surface area contributed by atoms with Gasteiger partial charge in [-0.15, -0.1) is 0 Å². The van der Waals surface area contributed by atoms with E-state index in [9.17, 15) is 8.42 Å². The topological polar surface area (TPSA) is 43.4 Å². The molecule has 13 heavy (non-hydrogen) atoms. The van der Waals surface area contributed by atoms with Crippen LogP contribution in [0.1, 0.15) is 11.1 Å². The smallest absolute Gasteiger partial charge is 0.306 e. The summed E-state index contributed by atoms with van der Waals surface area (Å²) in [4.78, 5) is 0. The zero-order valence-corrected chi connectivity index (χ0v) is 8.68. The molecule has 72 valence electrons. The molecule has 0 N–H and O–H groups in total. The van der Waals surface area contributed by atoms with Crippen LogP contribution in [0.15, 0.2) is 18.2 Å². The molecule has 0 amide bonds. The van der Waals surface area contributed by atoms with Gasteiger partial charge in [0.1, 0.15) is 5.75 Å². The van der Waals surface area contributed by atoms with Crippen LogP contribution in [0.2, 0.25) is 0 Å². The molecule has 1 aromatic rings. The Hall–Kier alpha value is -1.03. The van der Waals surface area contributed by atoms with Gasteiger partial charge in [0, 0.05) is 0 Å². The van der Waals surface area contributed by atoms with E-state index in [1.807, 2.05) is 19.9 Å². The Morgan fingerprint density at radius 2 is 1.54 bits per heavy atom. The lowest BCUT2D eigenvalue weighted by Gasteiger charge is -2.04. The van der Waals surface area contributed by atoms with Crippen molar-refractivity contribution in [3.63, 3.8) is 0 Å². The van der Waals surface area contributed by atoms with Crippen LogP contribution < -0.4 is 4.18 Å². The van der Waals surface area contributed by atoms with E-state index in [0.29, 0.717) is 5.75 Å². The average Bonchev–Trinajstić information content (AvgIpc) is 1.78. The van der Waals surface area contributed by atoms with Crippen LogP contribution in [0.4, 0.5) is 0 Å². The standard InChI is InChI=1S/C9H12O3S/c1-7-4-8(2)6-9(5-7)12-13(3,10)11/h4-6H,1-3H3. The van der Waals surface area contributed by atoms with Crippen LogP contribution in [0.25, 0.3) is 0 Å². The third kappa shape index (κ3) is 3.46. The second-order valence-electron chi connectivity index (χ2n) is 3.11. The van der Waals surface area contributed by atoms with Gasteiger partial charge in [-0.25, -0.2) is 0 Å². The largest absolute Gasteiger partial charge is 0.383 e. The predicted molar refractivity (Wildman–Crippen MR) is 51.4 cm³/mol. The van der Waals surface area contributed by atoms with Crippen molar-refractivity contribution in [1.29, 1.82) is 0 Å². The van der Waals surface area contributed by atoms with E-state index < -0.39 is 10.1 Å². The highest BCUT2D eigenvalue weighted by Crippen LogP contribution is 2.17. The summed E-state index contributed by atoms with van der Waals surface area (Å²) in [6.45, 7) is 3.78. The molecule has 4 heteroatoms. The fourth-order valence-corrected chi connectivity index (χ4v) is 1.60. The van der Waals surface area contributed by atoms with E-state index in [-0.39, 0.29) is 0 Å². The normalized spacial score (nSPS) is 11.3. The first-order valence-electron chi connectivity index (χ1n) is 3.84. The van der Waals surface area contributed by atoms with Gasteiger partial charge in [0.15, 0.2) is 0 Å². The molecule has 0 saturated carbocycles.